The van der Waals surface area contributed by atoms with Gasteiger partial charge in [-0.05, 0) is 36.2 Å². The lowest BCUT2D eigenvalue weighted by Crippen LogP contribution is -2.29. The van der Waals surface area contributed by atoms with E-state index < -0.39 is 11.6 Å². The molecule has 3 heterocycles. The Bertz CT molecular complexity index is 982. The monoisotopic (exact) mass is 352 g/mol. The summed E-state index contributed by atoms with van der Waals surface area (Å²) in [6.07, 6.45) is 6.49. The first kappa shape index (κ1) is 15.5. The van der Waals surface area contributed by atoms with Gasteiger partial charge in [0.2, 0.25) is 0 Å². The summed E-state index contributed by atoms with van der Waals surface area (Å²) in [6.45, 7) is 2.53. The molecule has 26 heavy (non-hydrogen) atoms. The second kappa shape index (κ2) is 5.64. The Hall–Kier alpha value is -2.73. The second-order valence-corrected chi connectivity index (χ2v) is 6.97. The smallest absolute Gasteiger partial charge is 0.133 e. The van der Waals surface area contributed by atoms with Crippen LogP contribution in [-0.2, 0) is 0 Å². The maximum absolute atomic E-state index is 14.3. The summed E-state index contributed by atoms with van der Waals surface area (Å²) in [5, 5.41) is 7.76. The van der Waals surface area contributed by atoms with E-state index in [9.17, 15) is 8.78 Å². The second-order valence-electron chi connectivity index (χ2n) is 6.97. The summed E-state index contributed by atoms with van der Waals surface area (Å²) in [5.41, 5.74) is 9.46. The third kappa shape index (κ3) is 2.25. The standard InChI is InChI=1S/C20H18F2N4/c1-26-9-15(11-2-4-23-5-3-11)20-16(10-26)13-6-12(21)7-14-17(22)8-18(19(13)14)24-25-20/h2,6-8,10,23,25H,3-5,9H2,1H3. The summed E-state index contributed by atoms with van der Waals surface area (Å²) in [4.78, 5) is 2.08. The van der Waals surface area contributed by atoms with E-state index in [-0.39, 0.29) is 5.56 Å². The average molecular weight is 352 g/mol. The zero-order valence-electron chi connectivity index (χ0n) is 14.4. The molecule has 0 saturated carbocycles. The Labute approximate surface area is 150 Å². The van der Waals surface area contributed by atoms with Crippen molar-refractivity contribution in [1.82, 2.24) is 15.6 Å². The molecule has 0 aromatic heterocycles. The molecule has 0 spiro atoms. The van der Waals surface area contributed by atoms with E-state index in [0.29, 0.717) is 16.8 Å². The number of rotatable bonds is 1. The van der Waals surface area contributed by atoms with Crippen molar-refractivity contribution in [1.29, 1.82) is 0 Å². The van der Waals surface area contributed by atoms with Crippen LogP contribution in [0.3, 0.4) is 0 Å². The van der Waals surface area contributed by atoms with Crippen LogP contribution >= 0.6 is 0 Å². The lowest BCUT2D eigenvalue weighted by atomic mass is 9.88. The number of nitrogens with zero attached hydrogens (tertiary/aromatic N) is 2. The Morgan fingerprint density at radius 2 is 2.04 bits per heavy atom. The van der Waals surface area contributed by atoms with Crippen molar-refractivity contribution in [3.8, 4) is 0 Å². The fourth-order valence-corrected chi connectivity index (χ4v) is 4.07. The van der Waals surface area contributed by atoms with Crippen LogP contribution < -0.4 is 10.7 Å². The van der Waals surface area contributed by atoms with Crippen molar-refractivity contribution in [2.75, 3.05) is 26.7 Å². The lowest BCUT2D eigenvalue weighted by Gasteiger charge is -2.30. The molecule has 4 aliphatic rings. The third-order valence-corrected chi connectivity index (χ3v) is 5.24. The van der Waals surface area contributed by atoms with Gasteiger partial charge in [0.15, 0.2) is 0 Å². The number of benzene rings is 1. The zero-order chi connectivity index (χ0) is 17.8. The summed E-state index contributed by atoms with van der Waals surface area (Å²) in [7, 11) is 2.00. The lowest BCUT2D eigenvalue weighted by molar-refractivity contribution is 0.486. The van der Waals surface area contributed by atoms with Gasteiger partial charge in [-0.2, -0.15) is 5.10 Å². The fourth-order valence-electron chi connectivity index (χ4n) is 4.07. The van der Waals surface area contributed by atoms with Crippen LogP contribution in [0.5, 0.6) is 0 Å². The maximum Gasteiger partial charge on any atom is 0.133 e. The van der Waals surface area contributed by atoms with Crippen LogP contribution in [0.1, 0.15) is 23.1 Å². The largest absolute Gasteiger partial charge is 0.375 e. The minimum Gasteiger partial charge on any atom is -0.375 e. The van der Waals surface area contributed by atoms with Crippen molar-refractivity contribution < 1.29 is 8.78 Å². The Morgan fingerprint density at radius 1 is 1.19 bits per heavy atom. The van der Waals surface area contributed by atoms with Crippen LogP contribution in [0.2, 0.25) is 0 Å². The van der Waals surface area contributed by atoms with Gasteiger partial charge >= 0.3 is 0 Å². The van der Waals surface area contributed by atoms with Gasteiger partial charge < -0.3 is 10.2 Å². The quantitative estimate of drug-likeness (QED) is 0.816. The summed E-state index contributed by atoms with van der Waals surface area (Å²) in [5.74, 6) is -0.888. The van der Waals surface area contributed by atoms with Crippen LogP contribution in [0.25, 0.3) is 11.4 Å². The molecule has 0 fully saturated rings. The van der Waals surface area contributed by atoms with Gasteiger partial charge in [-0.15, -0.1) is 0 Å². The number of nitrogens with one attached hydrogen (secondary N) is 2. The Morgan fingerprint density at radius 3 is 2.85 bits per heavy atom. The highest BCUT2D eigenvalue weighted by atomic mass is 19.1. The van der Waals surface area contributed by atoms with E-state index >= 15 is 0 Å². The van der Waals surface area contributed by atoms with E-state index in [0.717, 1.165) is 37.3 Å². The van der Waals surface area contributed by atoms with Gasteiger partial charge in [0, 0.05) is 54.7 Å². The number of fused-ring (bicyclic) bond motifs is 2. The van der Waals surface area contributed by atoms with Gasteiger partial charge in [0.05, 0.1) is 11.4 Å². The number of hydrazone groups is 1. The fraction of sp³-hybridized carbons (Fsp3) is 0.250. The number of allylic oxidation sites excluding steroid dienone is 2. The van der Waals surface area contributed by atoms with E-state index in [1.54, 1.807) is 0 Å². The molecular weight excluding hydrogens is 334 g/mol. The number of halogens is 2. The highest BCUT2D eigenvalue weighted by Gasteiger charge is 2.32. The Balaban J connectivity index is 1.76. The first-order valence-corrected chi connectivity index (χ1v) is 8.73. The molecule has 0 amide bonds. The zero-order valence-corrected chi connectivity index (χ0v) is 14.4. The molecule has 3 aliphatic heterocycles. The molecule has 1 aromatic rings. The number of hydrogen-bond donors (Lipinski definition) is 2. The summed E-state index contributed by atoms with van der Waals surface area (Å²) < 4.78 is 28.5. The van der Waals surface area contributed by atoms with E-state index in [2.05, 4.69) is 26.8 Å². The predicted molar refractivity (Wildman–Crippen MR) is 98.4 cm³/mol. The molecule has 4 nitrogen and oxygen atoms in total. The number of likely N-dealkylation sites (N-methyl/N-ethyl adjacent to an activating group) is 1. The van der Waals surface area contributed by atoms with Gasteiger partial charge in [-0.1, -0.05) is 6.08 Å². The van der Waals surface area contributed by atoms with Crippen molar-refractivity contribution in [3.63, 3.8) is 0 Å². The average Bonchev–Trinajstić information content (AvgIpc) is 2.87. The van der Waals surface area contributed by atoms with E-state index in [1.165, 1.54) is 29.4 Å². The van der Waals surface area contributed by atoms with E-state index in [1.807, 2.05) is 13.2 Å². The first-order valence-electron chi connectivity index (χ1n) is 8.73. The number of hydrogen-bond acceptors (Lipinski definition) is 4. The minimum atomic E-state index is -0.445. The van der Waals surface area contributed by atoms with Crippen LogP contribution in [0, 0.1) is 5.82 Å². The molecule has 0 atom stereocenters. The van der Waals surface area contributed by atoms with Gasteiger partial charge in [-0.25, -0.2) is 8.78 Å². The molecule has 0 radical (unpaired) electrons. The summed E-state index contributed by atoms with van der Waals surface area (Å²) in [6, 6.07) is 2.72. The van der Waals surface area contributed by atoms with Crippen LogP contribution in [0.4, 0.5) is 8.78 Å². The van der Waals surface area contributed by atoms with Gasteiger partial charge in [-0.3, -0.25) is 5.43 Å². The molecule has 1 aliphatic carbocycles. The Kier molecular flexibility index (Phi) is 3.37. The van der Waals surface area contributed by atoms with Crippen LogP contribution in [-0.4, -0.2) is 37.3 Å². The molecule has 2 N–H and O–H groups in total. The third-order valence-electron chi connectivity index (χ3n) is 5.24. The summed E-state index contributed by atoms with van der Waals surface area (Å²) >= 11 is 0. The van der Waals surface area contributed by atoms with Gasteiger partial charge in [0.1, 0.15) is 11.6 Å². The molecule has 0 bridgehead atoms. The van der Waals surface area contributed by atoms with Crippen molar-refractivity contribution in [3.05, 3.63) is 69.8 Å². The van der Waals surface area contributed by atoms with Gasteiger partial charge in [0.25, 0.3) is 0 Å². The van der Waals surface area contributed by atoms with Crippen molar-refractivity contribution in [2.24, 2.45) is 5.10 Å². The highest BCUT2D eigenvalue weighted by Crippen LogP contribution is 2.41. The predicted octanol–water partition coefficient (Wildman–Crippen LogP) is 2.92. The molecule has 132 valence electrons. The molecule has 0 unspecified atom stereocenters. The van der Waals surface area contributed by atoms with Crippen LogP contribution in [0.15, 0.2) is 52.4 Å². The van der Waals surface area contributed by atoms with E-state index in [4.69, 9.17) is 0 Å². The van der Waals surface area contributed by atoms with Crippen molar-refractivity contribution in [2.45, 2.75) is 6.42 Å². The normalized spacial score (nSPS) is 21.1. The molecule has 6 heteroatoms. The first-order chi connectivity index (χ1) is 12.6. The molecule has 0 saturated heterocycles. The SMILES string of the molecule is CN1C=C2C(=C(C3=CCNCC3)C1)NN=C1C=C(F)c3cc(F)cc2c31. The maximum atomic E-state index is 14.3. The minimum absolute atomic E-state index is 0.276. The molecule has 5 rings (SSSR count). The molecule has 1 aromatic carbocycles. The van der Waals surface area contributed by atoms with Crippen molar-refractivity contribution >= 4 is 17.1 Å². The topological polar surface area (TPSA) is 39.7 Å². The molecular formula is C20H18F2N4. The highest BCUT2D eigenvalue weighted by molar-refractivity contribution is 6.21.